The lowest BCUT2D eigenvalue weighted by Gasteiger charge is -2.23. The maximum atomic E-state index is 11.9. The summed E-state index contributed by atoms with van der Waals surface area (Å²) in [5.41, 5.74) is 1.96. The third kappa shape index (κ3) is 4.21. The maximum Gasteiger partial charge on any atom is 0.228 e. The summed E-state index contributed by atoms with van der Waals surface area (Å²) >= 11 is 0. The average Bonchev–Trinajstić information content (AvgIpc) is 2.59. The molecule has 3 rings (SSSR count). The van der Waals surface area contributed by atoms with Crippen molar-refractivity contribution in [2.75, 3.05) is 24.9 Å². The molecule has 0 atom stereocenters. The molecule has 0 bridgehead atoms. The molecule has 0 radical (unpaired) electrons. The zero-order valence-corrected chi connectivity index (χ0v) is 14.5. The van der Waals surface area contributed by atoms with E-state index in [0.717, 1.165) is 30.5 Å². The largest absolute Gasteiger partial charge is 0.493 e. The molecule has 1 amide bonds. The van der Waals surface area contributed by atoms with Crippen molar-refractivity contribution in [3.05, 3.63) is 42.1 Å². The molecule has 2 aromatic rings. The van der Waals surface area contributed by atoms with Crippen molar-refractivity contribution in [3.63, 3.8) is 0 Å². The summed E-state index contributed by atoms with van der Waals surface area (Å²) in [5.74, 6) is 2.23. The van der Waals surface area contributed by atoms with E-state index < -0.39 is 0 Å². The molecule has 1 saturated carbocycles. The highest BCUT2D eigenvalue weighted by Crippen LogP contribution is 2.28. The first-order valence-electron chi connectivity index (χ1n) is 8.41. The molecule has 6 nitrogen and oxygen atoms in total. The fraction of sp³-hybridized carbons (Fsp3) is 0.368. The van der Waals surface area contributed by atoms with Crippen molar-refractivity contribution in [2.45, 2.75) is 25.8 Å². The average molecular weight is 341 g/mol. The van der Waals surface area contributed by atoms with Crippen LogP contribution in [0.15, 0.2) is 36.5 Å². The first-order valence-corrected chi connectivity index (χ1v) is 8.41. The van der Waals surface area contributed by atoms with Crippen LogP contribution in [0.5, 0.6) is 11.5 Å². The van der Waals surface area contributed by atoms with E-state index >= 15 is 0 Å². The Hall–Kier alpha value is -2.76. The van der Waals surface area contributed by atoms with Crippen LogP contribution in [0, 0.1) is 5.92 Å². The van der Waals surface area contributed by atoms with Crippen molar-refractivity contribution in [1.29, 1.82) is 0 Å². The molecule has 0 saturated heterocycles. The third-order valence-corrected chi connectivity index (χ3v) is 4.44. The summed E-state index contributed by atoms with van der Waals surface area (Å²) in [6.45, 7) is 0.635. The number of hydrogen-bond donors (Lipinski definition) is 2. The highest BCUT2D eigenvalue weighted by molar-refractivity contribution is 5.92. The van der Waals surface area contributed by atoms with Gasteiger partial charge in [-0.05, 0) is 42.7 Å². The maximum absolute atomic E-state index is 11.9. The number of carbonyl (C=O) groups is 1. The summed E-state index contributed by atoms with van der Waals surface area (Å²) in [6.07, 6.45) is 4.83. The number of hydrogen-bond acceptors (Lipinski definition) is 5. The van der Waals surface area contributed by atoms with Crippen LogP contribution in [-0.2, 0) is 11.3 Å². The minimum atomic E-state index is 0.0739. The molecule has 1 fully saturated rings. The number of nitrogens with one attached hydrogen (secondary N) is 2. The summed E-state index contributed by atoms with van der Waals surface area (Å²) in [6, 6.07) is 9.52. The molecular formula is C19H23N3O3. The van der Waals surface area contributed by atoms with Gasteiger partial charge in [0.05, 0.1) is 26.1 Å². The van der Waals surface area contributed by atoms with Crippen molar-refractivity contribution < 1.29 is 14.3 Å². The van der Waals surface area contributed by atoms with Crippen LogP contribution >= 0.6 is 0 Å². The second kappa shape index (κ2) is 7.88. The van der Waals surface area contributed by atoms with E-state index in [9.17, 15) is 4.79 Å². The van der Waals surface area contributed by atoms with E-state index in [1.807, 2.05) is 30.3 Å². The number of rotatable bonds is 7. The number of methoxy groups -OCH3 is 2. The van der Waals surface area contributed by atoms with E-state index in [0.29, 0.717) is 23.9 Å². The zero-order valence-electron chi connectivity index (χ0n) is 14.5. The second-order valence-electron chi connectivity index (χ2n) is 6.09. The SMILES string of the molecule is COc1ccc(CNc2ccc(NC(=O)C3CCC3)nc2)cc1OC. The quantitative estimate of drug-likeness (QED) is 0.807. The van der Waals surface area contributed by atoms with Gasteiger partial charge in [0, 0.05) is 12.5 Å². The van der Waals surface area contributed by atoms with Gasteiger partial charge in [-0.15, -0.1) is 0 Å². The van der Waals surface area contributed by atoms with Gasteiger partial charge in [0.2, 0.25) is 5.91 Å². The lowest BCUT2D eigenvalue weighted by Crippen LogP contribution is -2.28. The molecule has 132 valence electrons. The lowest BCUT2D eigenvalue weighted by molar-refractivity contribution is -0.122. The Morgan fingerprint density at radius 1 is 1.16 bits per heavy atom. The van der Waals surface area contributed by atoms with E-state index in [1.165, 1.54) is 0 Å². The van der Waals surface area contributed by atoms with E-state index in [4.69, 9.17) is 9.47 Å². The summed E-state index contributed by atoms with van der Waals surface area (Å²) in [5, 5.41) is 6.17. The van der Waals surface area contributed by atoms with Crippen LogP contribution in [0.25, 0.3) is 0 Å². The van der Waals surface area contributed by atoms with Crippen LogP contribution in [0.2, 0.25) is 0 Å². The van der Waals surface area contributed by atoms with Gasteiger partial charge >= 0.3 is 0 Å². The van der Waals surface area contributed by atoms with Crippen molar-refractivity contribution in [2.24, 2.45) is 5.92 Å². The molecule has 1 aliphatic carbocycles. The van der Waals surface area contributed by atoms with Gasteiger partial charge in [-0.2, -0.15) is 0 Å². The Morgan fingerprint density at radius 3 is 2.56 bits per heavy atom. The van der Waals surface area contributed by atoms with Crippen LogP contribution in [0.4, 0.5) is 11.5 Å². The predicted octanol–water partition coefficient (Wildman–Crippen LogP) is 3.45. The van der Waals surface area contributed by atoms with Crippen LogP contribution in [0.1, 0.15) is 24.8 Å². The molecule has 1 aromatic heterocycles. The minimum absolute atomic E-state index is 0.0739. The molecule has 25 heavy (non-hydrogen) atoms. The number of amides is 1. The van der Waals surface area contributed by atoms with Gasteiger partial charge in [-0.3, -0.25) is 4.79 Å². The second-order valence-corrected chi connectivity index (χ2v) is 6.09. The highest BCUT2D eigenvalue weighted by atomic mass is 16.5. The molecule has 1 heterocycles. The number of carbonyl (C=O) groups excluding carboxylic acids is 1. The van der Waals surface area contributed by atoms with Crippen molar-refractivity contribution in [3.8, 4) is 11.5 Å². The van der Waals surface area contributed by atoms with Crippen LogP contribution in [0.3, 0.4) is 0 Å². The summed E-state index contributed by atoms with van der Waals surface area (Å²) < 4.78 is 10.5. The molecule has 0 unspecified atom stereocenters. The number of nitrogens with zero attached hydrogens (tertiary/aromatic N) is 1. The highest BCUT2D eigenvalue weighted by Gasteiger charge is 2.25. The summed E-state index contributed by atoms with van der Waals surface area (Å²) in [4.78, 5) is 16.2. The molecular weight excluding hydrogens is 318 g/mol. The first kappa shape index (κ1) is 17.1. The lowest BCUT2D eigenvalue weighted by atomic mass is 9.85. The Labute approximate surface area is 147 Å². The molecule has 6 heteroatoms. The van der Waals surface area contributed by atoms with Gasteiger partial charge in [-0.1, -0.05) is 12.5 Å². The Balaban J connectivity index is 1.55. The first-order chi connectivity index (χ1) is 12.2. The standard InChI is InChI=1S/C19H23N3O3/c1-24-16-8-6-13(10-17(16)25-2)11-20-15-7-9-18(21-12-15)22-19(23)14-4-3-5-14/h6-10,12,14,20H,3-5,11H2,1-2H3,(H,21,22,23). The minimum Gasteiger partial charge on any atom is -0.493 e. The molecule has 1 aliphatic rings. The fourth-order valence-corrected chi connectivity index (χ4v) is 2.67. The number of ether oxygens (including phenoxy) is 2. The van der Waals surface area contributed by atoms with Gasteiger partial charge < -0.3 is 20.1 Å². The number of aromatic nitrogens is 1. The number of pyridine rings is 1. The molecule has 2 N–H and O–H groups in total. The van der Waals surface area contributed by atoms with E-state index in [1.54, 1.807) is 20.4 Å². The van der Waals surface area contributed by atoms with Gasteiger partial charge in [0.1, 0.15) is 5.82 Å². The topological polar surface area (TPSA) is 72.5 Å². The molecule has 1 aromatic carbocycles. The van der Waals surface area contributed by atoms with E-state index in [-0.39, 0.29) is 11.8 Å². The predicted molar refractivity (Wildman–Crippen MR) is 97.1 cm³/mol. The van der Waals surface area contributed by atoms with Crippen LogP contribution < -0.4 is 20.1 Å². The van der Waals surface area contributed by atoms with Crippen molar-refractivity contribution >= 4 is 17.4 Å². The monoisotopic (exact) mass is 341 g/mol. The van der Waals surface area contributed by atoms with Crippen LogP contribution in [-0.4, -0.2) is 25.1 Å². The fourth-order valence-electron chi connectivity index (χ4n) is 2.67. The Morgan fingerprint density at radius 2 is 1.96 bits per heavy atom. The number of benzene rings is 1. The Bertz CT molecular complexity index is 727. The van der Waals surface area contributed by atoms with Crippen molar-refractivity contribution in [1.82, 2.24) is 4.98 Å². The molecule has 0 aliphatic heterocycles. The molecule has 0 spiro atoms. The van der Waals surface area contributed by atoms with Gasteiger partial charge in [-0.25, -0.2) is 4.98 Å². The van der Waals surface area contributed by atoms with Gasteiger partial charge in [0.15, 0.2) is 11.5 Å². The Kier molecular flexibility index (Phi) is 5.38. The zero-order chi connectivity index (χ0) is 17.6. The normalized spacial score (nSPS) is 13.7. The number of anilines is 2. The van der Waals surface area contributed by atoms with Gasteiger partial charge in [0.25, 0.3) is 0 Å². The summed E-state index contributed by atoms with van der Waals surface area (Å²) in [7, 11) is 3.24. The third-order valence-electron chi connectivity index (χ3n) is 4.44. The smallest absolute Gasteiger partial charge is 0.228 e. The van der Waals surface area contributed by atoms with E-state index in [2.05, 4.69) is 15.6 Å².